The number of carbonyl (C=O) groups is 2. The first-order chi connectivity index (χ1) is 10.5. The van der Waals surface area contributed by atoms with Crippen molar-refractivity contribution in [2.24, 2.45) is 0 Å². The van der Waals surface area contributed by atoms with E-state index in [2.05, 4.69) is 0 Å². The predicted molar refractivity (Wildman–Crippen MR) is 82.2 cm³/mol. The second-order valence-corrected chi connectivity index (χ2v) is 5.32. The van der Waals surface area contributed by atoms with Crippen LogP contribution in [-0.4, -0.2) is 34.6 Å². The smallest absolute Gasteiger partial charge is 0.270 e. The van der Waals surface area contributed by atoms with E-state index in [1.54, 1.807) is 11.0 Å². The van der Waals surface area contributed by atoms with Gasteiger partial charge in [0, 0.05) is 25.2 Å². The Labute approximate surface area is 128 Å². The van der Waals surface area contributed by atoms with Crippen molar-refractivity contribution in [3.8, 4) is 0 Å². The van der Waals surface area contributed by atoms with Crippen molar-refractivity contribution >= 4 is 23.5 Å². The summed E-state index contributed by atoms with van der Waals surface area (Å²) in [5.74, 6) is -0.624. The Kier molecular flexibility index (Phi) is 5.04. The topological polar surface area (TPSA) is 80.5 Å². The standard InChI is InChI=1S/C16H18N2O4/c1-12(19)15(16(20)17-8-3-2-4-9-17)11-13-6-5-7-14(10-13)18(21)22/h5-7,10-11H,2-4,8-9H2,1H3/b15-11-. The van der Waals surface area contributed by atoms with Gasteiger partial charge in [0.05, 0.1) is 10.5 Å². The minimum absolute atomic E-state index is 0.0675. The number of Topliss-reactive ketones (excluding diaryl/α,β-unsaturated/α-hetero) is 1. The molecule has 1 amide bonds. The van der Waals surface area contributed by atoms with Crippen molar-refractivity contribution in [1.29, 1.82) is 0 Å². The number of ketones is 1. The lowest BCUT2D eigenvalue weighted by Gasteiger charge is -2.27. The Morgan fingerprint density at radius 3 is 2.50 bits per heavy atom. The number of likely N-dealkylation sites (tertiary alicyclic amines) is 1. The van der Waals surface area contributed by atoms with Crippen molar-refractivity contribution in [3.63, 3.8) is 0 Å². The summed E-state index contributed by atoms with van der Waals surface area (Å²) in [6, 6.07) is 5.90. The quantitative estimate of drug-likeness (QED) is 0.281. The summed E-state index contributed by atoms with van der Waals surface area (Å²) in [7, 11) is 0. The number of nitro groups is 1. The highest BCUT2D eigenvalue weighted by molar-refractivity contribution is 6.21. The second kappa shape index (κ2) is 6.98. The van der Waals surface area contributed by atoms with Gasteiger partial charge in [-0.3, -0.25) is 19.7 Å². The van der Waals surface area contributed by atoms with Crippen LogP contribution in [-0.2, 0) is 9.59 Å². The molecule has 0 unspecified atom stereocenters. The molecule has 1 fully saturated rings. The average Bonchev–Trinajstić information content (AvgIpc) is 2.53. The number of rotatable bonds is 4. The summed E-state index contributed by atoms with van der Waals surface area (Å²) in [5, 5.41) is 10.8. The van der Waals surface area contributed by atoms with E-state index in [1.807, 2.05) is 0 Å². The van der Waals surface area contributed by atoms with Gasteiger partial charge < -0.3 is 4.90 Å². The Morgan fingerprint density at radius 1 is 1.23 bits per heavy atom. The highest BCUT2D eigenvalue weighted by atomic mass is 16.6. The molecule has 1 aromatic carbocycles. The number of hydrogen-bond donors (Lipinski definition) is 0. The molecule has 116 valence electrons. The van der Waals surface area contributed by atoms with Crippen molar-refractivity contribution in [2.75, 3.05) is 13.1 Å². The fourth-order valence-corrected chi connectivity index (χ4v) is 2.48. The Morgan fingerprint density at radius 2 is 1.91 bits per heavy atom. The molecule has 0 aliphatic carbocycles. The minimum Gasteiger partial charge on any atom is -0.339 e. The summed E-state index contributed by atoms with van der Waals surface area (Å²) in [5.41, 5.74) is 0.481. The highest BCUT2D eigenvalue weighted by Crippen LogP contribution is 2.18. The van der Waals surface area contributed by atoms with Crippen LogP contribution >= 0.6 is 0 Å². The van der Waals surface area contributed by atoms with Gasteiger partial charge in [0.1, 0.15) is 0 Å². The molecule has 0 atom stereocenters. The van der Waals surface area contributed by atoms with E-state index in [4.69, 9.17) is 0 Å². The first-order valence-corrected chi connectivity index (χ1v) is 7.25. The maximum atomic E-state index is 12.5. The molecule has 1 saturated heterocycles. The fourth-order valence-electron chi connectivity index (χ4n) is 2.48. The first-order valence-electron chi connectivity index (χ1n) is 7.25. The Balaban J connectivity index is 2.30. The van der Waals surface area contributed by atoms with E-state index in [9.17, 15) is 19.7 Å². The maximum absolute atomic E-state index is 12.5. The third-order valence-corrected chi connectivity index (χ3v) is 3.65. The maximum Gasteiger partial charge on any atom is 0.270 e. The SMILES string of the molecule is CC(=O)/C(=C/c1cccc([N+](=O)[O-])c1)C(=O)N1CCCCC1. The van der Waals surface area contributed by atoms with Crippen LogP contribution in [0.25, 0.3) is 6.08 Å². The van der Waals surface area contributed by atoms with Gasteiger partial charge in [0.2, 0.25) is 0 Å². The van der Waals surface area contributed by atoms with E-state index in [0.717, 1.165) is 19.3 Å². The van der Waals surface area contributed by atoms with Crippen LogP contribution in [0, 0.1) is 10.1 Å². The molecule has 1 aliphatic rings. The van der Waals surface area contributed by atoms with E-state index in [1.165, 1.54) is 31.2 Å². The summed E-state index contributed by atoms with van der Waals surface area (Å²) < 4.78 is 0. The molecule has 1 aliphatic heterocycles. The summed E-state index contributed by atoms with van der Waals surface area (Å²) >= 11 is 0. The molecule has 0 saturated carbocycles. The van der Waals surface area contributed by atoms with Crippen LogP contribution in [0.1, 0.15) is 31.7 Å². The lowest BCUT2D eigenvalue weighted by atomic mass is 10.0. The predicted octanol–water partition coefficient (Wildman–Crippen LogP) is 2.58. The van der Waals surface area contributed by atoms with Crippen LogP contribution in [0.4, 0.5) is 5.69 Å². The van der Waals surface area contributed by atoms with Crippen LogP contribution in [0.3, 0.4) is 0 Å². The molecule has 6 heteroatoms. The fraction of sp³-hybridized carbons (Fsp3) is 0.375. The van der Waals surface area contributed by atoms with Crippen molar-refractivity contribution < 1.29 is 14.5 Å². The van der Waals surface area contributed by atoms with Gasteiger partial charge in [-0.1, -0.05) is 12.1 Å². The zero-order valence-corrected chi connectivity index (χ0v) is 12.4. The zero-order chi connectivity index (χ0) is 16.1. The van der Waals surface area contributed by atoms with Crippen LogP contribution < -0.4 is 0 Å². The lowest BCUT2D eigenvalue weighted by molar-refractivity contribution is -0.384. The third kappa shape index (κ3) is 3.78. The number of amides is 1. The third-order valence-electron chi connectivity index (χ3n) is 3.65. The molecule has 0 radical (unpaired) electrons. The molecular weight excluding hydrogens is 284 g/mol. The van der Waals surface area contributed by atoms with Crippen molar-refractivity contribution in [2.45, 2.75) is 26.2 Å². The van der Waals surface area contributed by atoms with Crippen LogP contribution in [0.15, 0.2) is 29.8 Å². The molecule has 0 N–H and O–H groups in total. The molecule has 1 heterocycles. The molecule has 2 rings (SSSR count). The normalized spacial score (nSPS) is 15.5. The summed E-state index contributed by atoms with van der Waals surface area (Å²) in [6.07, 6.45) is 4.40. The van der Waals surface area contributed by atoms with E-state index < -0.39 is 4.92 Å². The highest BCUT2D eigenvalue weighted by Gasteiger charge is 2.23. The van der Waals surface area contributed by atoms with E-state index in [0.29, 0.717) is 18.7 Å². The minimum atomic E-state index is -0.503. The number of piperidine rings is 1. The Hall–Kier alpha value is -2.50. The number of hydrogen-bond acceptors (Lipinski definition) is 4. The van der Waals surface area contributed by atoms with Gasteiger partial charge >= 0.3 is 0 Å². The average molecular weight is 302 g/mol. The number of non-ortho nitro benzene ring substituents is 1. The van der Waals surface area contributed by atoms with Crippen molar-refractivity contribution in [1.82, 2.24) is 4.90 Å². The first kappa shape index (κ1) is 15.9. The van der Waals surface area contributed by atoms with Gasteiger partial charge in [-0.05, 0) is 37.8 Å². The van der Waals surface area contributed by atoms with E-state index >= 15 is 0 Å². The number of nitro benzene ring substituents is 1. The Bertz CT molecular complexity index is 631. The molecule has 0 aromatic heterocycles. The van der Waals surface area contributed by atoms with E-state index in [-0.39, 0.29) is 23.0 Å². The van der Waals surface area contributed by atoms with Gasteiger partial charge in [0.25, 0.3) is 11.6 Å². The number of nitrogens with zero attached hydrogens (tertiary/aromatic N) is 2. The monoisotopic (exact) mass is 302 g/mol. The lowest BCUT2D eigenvalue weighted by Crippen LogP contribution is -2.37. The largest absolute Gasteiger partial charge is 0.339 e. The van der Waals surface area contributed by atoms with Crippen molar-refractivity contribution in [3.05, 3.63) is 45.5 Å². The van der Waals surface area contributed by atoms with Gasteiger partial charge in [-0.25, -0.2) is 0 Å². The van der Waals surface area contributed by atoms with Gasteiger partial charge in [-0.2, -0.15) is 0 Å². The molecule has 1 aromatic rings. The zero-order valence-electron chi connectivity index (χ0n) is 12.4. The molecule has 22 heavy (non-hydrogen) atoms. The molecule has 0 bridgehead atoms. The van der Waals surface area contributed by atoms with Gasteiger partial charge in [0.15, 0.2) is 5.78 Å². The molecular formula is C16H18N2O4. The second-order valence-electron chi connectivity index (χ2n) is 5.32. The molecule has 6 nitrogen and oxygen atoms in total. The van der Waals surface area contributed by atoms with Gasteiger partial charge in [-0.15, -0.1) is 0 Å². The molecule has 0 spiro atoms. The van der Waals surface area contributed by atoms with Crippen LogP contribution in [0.5, 0.6) is 0 Å². The number of benzene rings is 1. The summed E-state index contributed by atoms with van der Waals surface area (Å²) in [6.45, 7) is 2.64. The number of carbonyl (C=O) groups excluding carboxylic acids is 2. The van der Waals surface area contributed by atoms with Crippen LogP contribution in [0.2, 0.25) is 0 Å². The summed E-state index contributed by atoms with van der Waals surface area (Å²) in [4.78, 5) is 36.2.